The molecule has 1 saturated heterocycles. The smallest absolute Gasteiger partial charge is 0.354 e. The zero-order chi connectivity index (χ0) is 10.6. The number of halogens is 4. The molecule has 0 spiro atoms. The Bertz CT molecular complexity index is 205. The van der Waals surface area contributed by atoms with E-state index in [0.717, 1.165) is 19.4 Å². The standard InChI is InChI=1S/C8H13F3N2O.ClH/c9-8(10,11)4-7(14)13-5-6-2-1-3-12-6;/h6,12H,1-5H2,(H,13,14);1H. The summed E-state index contributed by atoms with van der Waals surface area (Å²) in [5.41, 5.74) is 0. The topological polar surface area (TPSA) is 41.1 Å². The van der Waals surface area contributed by atoms with Crippen LogP contribution in [0.4, 0.5) is 13.2 Å². The lowest BCUT2D eigenvalue weighted by atomic mass is 10.2. The lowest BCUT2D eigenvalue weighted by Crippen LogP contribution is -2.38. The number of carbonyl (C=O) groups excluding carboxylic acids is 1. The number of nitrogens with one attached hydrogen (secondary N) is 2. The Morgan fingerprint density at radius 2 is 2.13 bits per heavy atom. The molecule has 0 bridgehead atoms. The monoisotopic (exact) mass is 246 g/mol. The highest BCUT2D eigenvalue weighted by atomic mass is 35.5. The molecular weight excluding hydrogens is 233 g/mol. The van der Waals surface area contributed by atoms with Crippen molar-refractivity contribution in [2.45, 2.75) is 31.5 Å². The third-order valence-electron chi connectivity index (χ3n) is 2.07. The van der Waals surface area contributed by atoms with Crippen molar-refractivity contribution in [1.29, 1.82) is 0 Å². The molecule has 0 aromatic heterocycles. The van der Waals surface area contributed by atoms with Crippen LogP contribution in [0.3, 0.4) is 0 Å². The number of hydrogen-bond donors (Lipinski definition) is 2. The summed E-state index contributed by atoms with van der Waals surface area (Å²) < 4.78 is 35.2. The molecule has 1 heterocycles. The zero-order valence-corrected chi connectivity index (χ0v) is 8.88. The zero-order valence-electron chi connectivity index (χ0n) is 8.06. The van der Waals surface area contributed by atoms with Crippen LogP contribution in [0.15, 0.2) is 0 Å². The molecule has 0 saturated carbocycles. The van der Waals surface area contributed by atoms with Crippen LogP contribution in [0.1, 0.15) is 19.3 Å². The largest absolute Gasteiger partial charge is 0.397 e. The van der Waals surface area contributed by atoms with Crippen molar-refractivity contribution in [2.75, 3.05) is 13.1 Å². The lowest BCUT2D eigenvalue weighted by molar-refractivity contribution is -0.153. The van der Waals surface area contributed by atoms with E-state index in [-0.39, 0.29) is 25.0 Å². The number of amides is 1. The van der Waals surface area contributed by atoms with E-state index < -0.39 is 18.5 Å². The summed E-state index contributed by atoms with van der Waals surface area (Å²) in [7, 11) is 0. The van der Waals surface area contributed by atoms with Crippen molar-refractivity contribution in [3.63, 3.8) is 0 Å². The van der Waals surface area contributed by atoms with Gasteiger partial charge < -0.3 is 10.6 Å². The third kappa shape index (κ3) is 6.57. The summed E-state index contributed by atoms with van der Waals surface area (Å²) in [5, 5.41) is 5.34. The highest BCUT2D eigenvalue weighted by molar-refractivity contribution is 5.85. The van der Waals surface area contributed by atoms with Crippen molar-refractivity contribution < 1.29 is 18.0 Å². The summed E-state index contributed by atoms with van der Waals surface area (Å²) in [6.45, 7) is 1.16. The van der Waals surface area contributed by atoms with Gasteiger partial charge >= 0.3 is 6.18 Å². The molecule has 0 aromatic rings. The molecule has 1 fully saturated rings. The quantitative estimate of drug-likeness (QED) is 0.787. The molecule has 1 atom stereocenters. The van der Waals surface area contributed by atoms with Crippen molar-refractivity contribution >= 4 is 18.3 Å². The van der Waals surface area contributed by atoms with E-state index in [0.29, 0.717) is 0 Å². The molecule has 0 aromatic carbocycles. The number of alkyl halides is 3. The Balaban J connectivity index is 0.00000196. The second kappa shape index (κ2) is 6.17. The predicted molar refractivity (Wildman–Crippen MR) is 52.0 cm³/mol. The highest BCUT2D eigenvalue weighted by Crippen LogP contribution is 2.18. The van der Waals surface area contributed by atoms with Gasteiger partial charge in [0.25, 0.3) is 0 Å². The van der Waals surface area contributed by atoms with Gasteiger partial charge in [0.2, 0.25) is 5.91 Å². The van der Waals surface area contributed by atoms with Crippen molar-refractivity contribution in [2.24, 2.45) is 0 Å². The molecular formula is C8H14ClF3N2O. The molecule has 1 aliphatic heterocycles. The van der Waals surface area contributed by atoms with Crippen LogP contribution in [0.5, 0.6) is 0 Å². The Morgan fingerprint density at radius 1 is 1.47 bits per heavy atom. The van der Waals surface area contributed by atoms with Crippen LogP contribution in [0.25, 0.3) is 0 Å². The van der Waals surface area contributed by atoms with Crippen LogP contribution in [0, 0.1) is 0 Å². The van der Waals surface area contributed by atoms with Gasteiger partial charge in [0.1, 0.15) is 6.42 Å². The first kappa shape index (κ1) is 14.5. The van der Waals surface area contributed by atoms with Gasteiger partial charge in [-0.15, -0.1) is 12.4 Å². The average molecular weight is 247 g/mol. The van der Waals surface area contributed by atoms with E-state index in [1.165, 1.54) is 0 Å². The minimum absolute atomic E-state index is 0. The molecule has 7 heteroatoms. The maximum Gasteiger partial charge on any atom is 0.397 e. The Morgan fingerprint density at radius 3 is 2.60 bits per heavy atom. The van der Waals surface area contributed by atoms with Gasteiger partial charge in [-0.25, -0.2) is 0 Å². The summed E-state index contributed by atoms with van der Waals surface area (Å²) in [5.74, 6) is -0.953. The molecule has 2 N–H and O–H groups in total. The van der Waals surface area contributed by atoms with E-state index in [1.54, 1.807) is 0 Å². The number of carbonyl (C=O) groups is 1. The van der Waals surface area contributed by atoms with Gasteiger partial charge in [-0.3, -0.25) is 4.79 Å². The van der Waals surface area contributed by atoms with Crippen LogP contribution < -0.4 is 10.6 Å². The normalized spacial score (nSPS) is 20.9. The lowest BCUT2D eigenvalue weighted by Gasteiger charge is -2.12. The van der Waals surface area contributed by atoms with Crippen LogP contribution >= 0.6 is 12.4 Å². The van der Waals surface area contributed by atoms with Crippen molar-refractivity contribution in [3.05, 3.63) is 0 Å². The SMILES string of the molecule is Cl.O=C(CC(F)(F)F)NCC1CCCN1. The second-order valence-corrected chi connectivity index (χ2v) is 3.39. The summed E-state index contributed by atoms with van der Waals surface area (Å²) in [6, 6.07) is 0.132. The predicted octanol–water partition coefficient (Wildman–Crippen LogP) is 1.23. The van der Waals surface area contributed by atoms with Crippen LogP contribution in [-0.2, 0) is 4.79 Å². The first-order valence-corrected chi connectivity index (χ1v) is 4.54. The maximum absolute atomic E-state index is 11.7. The molecule has 15 heavy (non-hydrogen) atoms. The third-order valence-corrected chi connectivity index (χ3v) is 2.07. The Kier molecular flexibility index (Phi) is 5.97. The Labute approximate surface area is 92.2 Å². The van der Waals surface area contributed by atoms with Crippen molar-refractivity contribution in [1.82, 2.24) is 10.6 Å². The van der Waals surface area contributed by atoms with Gasteiger partial charge in [-0.05, 0) is 19.4 Å². The fourth-order valence-electron chi connectivity index (χ4n) is 1.41. The molecule has 1 amide bonds. The van der Waals surface area contributed by atoms with Gasteiger partial charge in [-0.2, -0.15) is 13.2 Å². The molecule has 0 aliphatic carbocycles. The van der Waals surface area contributed by atoms with E-state index in [4.69, 9.17) is 0 Å². The second-order valence-electron chi connectivity index (χ2n) is 3.39. The average Bonchev–Trinajstić information content (AvgIpc) is 2.49. The molecule has 0 radical (unpaired) electrons. The van der Waals surface area contributed by atoms with E-state index in [9.17, 15) is 18.0 Å². The Hall–Kier alpha value is -0.490. The summed E-state index contributed by atoms with van der Waals surface area (Å²) in [4.78, 5) is 10.8. The van der Waals surface area contributed by atoms with Crippen LogP contribution in [0.2, 0.25) is 0 Å². The number of hydrogen-bond acceptors (Lipinski definition) is 2. The van der Waals surface area contributed by atoms with E-state index in [2.05, 4.69) is 10.6 Å². The molecule has 1 aliphatic rings. The van der Waals surface area contributed by atoms with Gasteiger partial charge in [0.05, 0.1) is 0 Å². The fourth-order valence-corrected chi connectivity index (χ4v) is 1.41. The van der Waals surface area contributed by atoms with Gasteiger partial charge in [0, 0.05) is 12.6 Å². The van der Waals surface area contributed by atoms with Crippen LogP contribution in [-0.4, -0.2) is 31.2 Å². The van der Waals surface area contributed by atoms with Gasteiger partial charge in [0.15, 0.2) is 0 Å². The van der Waals surface area contributed by atoms with Gasteiger partial charge in [-0.1, -0.05) is 0 Å². The van der Waals surface area contributed by atoms with E-state index >= 15 is 0 Å². The van der Waals surface area contributed by atoms with Crippen molar-refractivity contribution in [3.8, 4) is 0 Å². The minimum Gasteiger partial charge on any atom is -0.354 e. The minimum atomic E-state index is -4.41. The first-order valence-electron chi connectivity index (χ1n) is 4.54. The first-order chi connectivity index (χ1) is 6.47. The maximum atomic E-state index is 11.7. The molecule has 90 valence electrons. The summed E-state index contributed by atoms with van der Waals surface area (Å²) in [6.07, 6.45) is -3.88. The molecule has 1 unspecified atom stereocenters. The van der Waals surface area contributed by atoms with E-state index in [1.807, 2.05) is 0 Å². The molecule has 1 rings (SSSR count). The molecule has 3 nitrogen and oxygen atoms in total. The fraction of sp³-hybridized carbons (Fsp3) is 0.875. The summed E-state index contributed by atoms with van der Waals surface area (Å²) >= 11 is 0. The highest BCUT2D eigenvalue weighted by Gasteiger charge is 2.31. The number of rotatable bonds is 3.